The first-order valence-corrected chi connectivity index (χ1v) is 5.26. The van der Waals surface area contributed by atoms with E-state index in [1.54, 1.807) is 6.07 Å². The van der Waals surface area contributed by atoms with Crippen LogP contribution in [0.4, 0.5) is 4.39 Å². The summed E-state index contributed by atoms with van der Waals surface area (Å²) in [7, 11) is 0. The van der Waals surface area contributed by atoms with Gasteiger partial charge in [-0.15, -0.1) is 0 Å². The lowest BCUT2D eigenvalue weighted by Crippen LogP contribution is -2.24. The predicted octanol–water partition coefficient (Wildman–Crippen LogP) is 2.89. The Kier molecular flexibility index (Phi) is 4.60. The van der Waals surface area contributed by atoms with Gasteiger partial charge in [-0.2, -0.15) is 0 Å². The Morgan fingerprint density at radius 3 is 2.71 bits per heavy atom. The molecule has 0 amide bonds. The van der Waals surface area contributed by atoms with Gasteiger partial charge in [0.25, 0.3) is 0 Å². The lowest BCUT2D eigenvalue weighted by Gasteiger charge is -2.16. The average Bonchev–Trinajstić information content (AvgIpc) is 2.20. The van der Waals surface area contributed by atoms with Crippen molar-refractivity contribution in [1.29, 1.82) is 0 Å². The fourth-order valence-corrected chi connectivity index (χ4v) is 1.49. The van der Waals surface area contributed by atoms with Gasteiger partial charge in [0.2, 0.25) is 0 Å². The van der Waals surface area contributed by atoms with E-state index in [1.165, 1.54) is 12.5 Å². The molecular weight excluding hydrogens is 177 g/mol. The average molecular weight is 195 g/mol. The summed E-state index contributed by atoms with van der Waals surface area (Å²) in [6.07, 6.45) is 2.07. The van der Waals surface area contributed by atoms with Crippen molar-refractivity contribution in [1.82, 2.24) is 5.32 Å². The largest absolute Gasteiger partial charge is 0.312 e. The number of hydrogen-bond acceptors (Lipinski definition) is 1. The number of halogens is 1. The van der Waals surface area contributed by atoms with Gasteiger partial charge in [0.1, 0.15) is 5.82 Å². The predicted molar refractivity (Wildman–Crippen MR) is 57.8 cm³/mol. The van der Waals surface area contributed by atoms with Gasteiger partial charge in [-0.25, -0.2) is 4.39 Å². The van der Waals surface area contributed by atoms with Gasteiger partial charge in [0.15, 0.2) is 0 Å². The van der Waals surface area contributed by atoms with Crippen LogP contribution in [0.1, 0.15) is 31.4 Å². The van der Waals surface area contributed by atoms with E-state index in [0.29, 0.717) is 0 Å². The second-order valence-electron chi connectivity index (χ2n) is 3.51. The maximum absolute atomic E-state index is 13.0. The van der Waals surface area contributed by atoms with Gasteiger partial charge in [0, 0.05) is 6.54 Å². The minimum atomic E-state index is -0.0519. The Labute approximate surface area is 85.3 Å². The van der Waals surface area contributed by atoms with Crippen molar-refractivity contribution in [2.24, 2.45) is 0 Å². The summed E-state index contributed by atoms with van der Waals surface area (Å²) >= 11 is 0. The first kappa shape index (κ1) is 11.2. The minimum Gasteiger partial charge on any atom is -0.312 e. The highest BCUT2D eigenvalue weighted by molar-refractivity contribution is 5.30. The Morgan fingerprint density at radius 2 is 2.07 bits per heavy atom. The summed E-state index contributed by atoms with van der Waals surface area (Å²) in [5.74, 6) is -0.0519. The summed E-state index contributed by atoms with van der Waals surface area (Å²) < 4.78 is 13.0. The minimum absolute atomic E-state index is 0.0519. The van der Waals surface area contributed by atoms with Gasteiger partial charge in [-0.1, -0.05) is 32.4 Å². The summed E-state index contributed by atoms with van der Waals surface area (Å²) in [6.45, 7) is 5.96. The topological polar surface area (TPSA) is 12.0 Å². The molecule has 0 fully saturated rings. The first-order chi connectivity index (χ1) is 6.79. The van der Waals surface area contributed by atoms with Gasteiger partial charge in [0.05, 0.1) is 0 Å². The summed E-state index contributed by atoms with van der Waals surface area (Å²) in [5, 5.41) is 3.20. The molecule has 78 valence electrons. The first-order valence-electron chi connectivity index (χ1n) is 5.26. The Balaban J connectivity index is 0.000000293. The van der Waals surface area contributed by atoms with Crippen LogP contribution in [0.15, 0.2) is 18.2 Å². The SMILES string of the molecule is CCC.Fc1cccc2c1CCNC2. The normalized spacial score (nSPS) is 13.9. The molecule has 0 spiro atoms. The quantitative estimate of drug-likeness (QED) is 0.671. The van der Waals surface area contributed by atoms with E-state index in [4.69, 9.17) is 0 Å². The van der Waals surface area contributed by atoms with Crippen LogP contribution < -0.4 is 5.32 Å². The van der Waals surface area contributed by atoms with E-state index in [1.807, 2.05) is 6.07 Å². The summed E-state index contributed by atoms with van der Waals surface area (Å²) in [6, 6.07) is 5.27. The number of rotatable bonds is 0. The van der Waals surface area contributed by atoms with Crippen LogP contribution in [0.2, 0.25) is 0 Å². The number of nitrogens with one attached hydrogen (secondary N) is 1. The molecule has 0 radical (unpaired) electrons. The molecule has 14 heavy (non-hydrogen) atoms. The summed E-state index contributed by atoms with van der Waals surface area (Å²) in [4.78, 5) is 0. The van der Waals surface area contributed by atoms with Crippen LogP contribution in [0.3, 0.4) is 0 Å². The zero-order valence-electron chi connectivity index (χ0n) is 8.94. The number of benzene rings is 1. The van der Waals surface area contributed by atoms with E-state index < -0.39 is 0 Å². The van der Waals surface area contributed by atoms with Crippen molar-refractivity contribution in [3.05, 3.63) is 35.1 Å². The molecule has 1 nitrogen and oxygen atoms in total. The highest BCUT2D eigenvalue weighted by atomic mass is 19.1. The molecule has 1 aromatic rings. The third kappa shape index (κ3) is 2.81. The Hall–Kier alpha value is -0.890. The van der Waals surface area contributed by atoms with Crippen molar-refractivity contribution >= 4 is 0 Å². The molecule has 0 aromatic heterocycles. The van der Waals surface area contributed by atoms with Crippen molar-refractivity contribution in [2.75, 3.05) is 6.54 Å². The second-order valence-corrected chi connectivity index (χ2v) is 3.51. The molecule has 1 aliphatic rings. The van der Waals surface area contributed by atoms with E-state index in [0.717, 1.165) is 30.6 Å². The molecule has 1 N–H and O–H groups in total. The van der Waals surface area contributed by atoms with Crippen LogP contribution in [0, 0.1) is 5.82 Å². The molecule has 0 aliphatic carbocycles. The third-order valence-electron chi connectivity index (χ3n) is 2.08. The molecule has 1 aliphatic heterocycles. The lowest BCUT2D eigenvalue weighted by atomic mass is 10.0. The number of fused-ring (bicyclic) bond motifs is 1. The Bertz CT molecular complexity index is 284. The van der Waals surface area contributed by atoms with Gasteiger partial charge in [-0.05, 0) is 30.2 Å². The standard InChI is InChI=1S/C9H10FN.C3H8/c10-9-3-1-2-7-6-11-5-4-8(7)9;1-3-2/h1-3,11H,4-6H2;3H2,1-2H3. The molecule has 1 heterocycles. The molecular formula is C12H18FN. The zero-order valence-corrected chi connectivity index (χ0v) is 8.94. The number of hydrogen-bond donors (Lipinski definition) is 1. The molecule has 0 unspecified atom stereocenters. The Morgan fingerprint density at radius 1 is 1.36 bits per heavy atom. The molecule has 0 bridgehead atoms. The lowest BCUT2D eigenvalue weighted by molar-refractivity contribution is 0.569. The maximum Gasteiger partial charge on any atom is 0.126 e. The van der Waals surface area contributed by atoms with E-state index >= 15 is 0 Å². The van der Waals surface area contributed by atoms with Crippen molar-refractivity contribution in [2.45, 2.75) is 33.2 Å². The fourth-order valence-electron chi connectivity index (χ4n) is 1.49. The third-order valence-corrected chi connectivity index (χ3v) is 2.08. The summed E-state index contributed by atoms with van der Waals surface area (Å²) in [5.41, 5.74) is 2.00. The highest BCUT2D eigenvalue weighted by Crippen LogP contribution is 2.16. The van der Waals surface area contributed by atoms with Gasteiger partial charge in [-0.3, -0.25) is 0 Å². The molecule has 0 saturated carbocycles. The van der Waals surface area contributed by atoms with E-state index in [9.17, 15) is 4.39 Å². The van der Waals surface area contributed by atoms with Gasteiger partial charge < -0.3 is 5.32 Å². The van der Waals surface area contributed by atoms with Crippen LogP contribution in [0.5, 0.6) is 0 Å². The molecule has 2 heteroatoms. The molecule has 0 saturated heterocycles. The molecule has 0 atom stereocenters. The van der Waals surface area contributed by atoms with E-state index in [-0.39, 0.29) is 5.82 Å². The van der Waals surface area contributed by atoms with Gasteiger partial charge >= 0.3 is 0 Å². The van der Waals surface area contributed by atoms with Crippen molar-refractivity contribution < 1.29 is 4.39 Å². The van der Waals surface area contributed by atoms with Crippen molar-refractivity contribution in [3.63, 3.8) is 0 Å². The van der Waals surface area contributed by atoms with Crippen LogP contribution in [-0.4, -0.2) is 6.54 Å². The van der Waals surface area contributed by atoms with E-state index in [2.05, 4.69) is 19.2 Å². The highest BCUT2D eigenvalue weighted by Gasteiger charge is 2.11. The van der Waals surface area contributed by atoms with Crippen molar-refractivity contribution in [3.8, 4) is 0 Å². The van der Waals surface area contributed by atoms with Crippen LogP contribution >= 0.6 is 0 Å². The van der Waals surface area contributed by atoms with Crippen LogP contribution in [-0.2, 0) is 13.0 Å². The second kappa shape index (κ2) is 5.76. The monoisotopic (exact) mass is 195 g/mol. The zero-order chi connectivity index (χ0) is 10.4. The van der Waals surface area contributed by atoms with Crippen LogP contribution in [0.25, 0.3) is 0 Å². The molecule has 1 aromatic carbocycles. The molecule has 2 rings (SSSR count). The fraction of sp³-hybridized carbons (Fsp3) is 0.500. The smallest absolute Gasteiger partial charge is 0.126 e. The maximum atomic E-state index is 13.0.